The number of hydrogen-bond donors (Lipinski definition) is 2. The maximum absolute atomic E-state index is 12.4. The second-order valence-corrected chi connectivity index (χ2v) is 7.11. The maximum Gasteiger partial charge on any atom is 0.262 e. The highest BCUT2D eigenvalue weighted by Gasteiger charge is 2.40. The smallest absolute Gasteiger partial charge is 0.262 e. The number of ether oxygens (including phenoxy) is 1. The molecule has 3 rings (SSSR count). The maximum atomic E-state index is 12.4. The van der Waals surface area contributed by atoms with E-state index in [1.165, 1.54) is 6.92 Å². The van der Waals surface area contributed by atoms with Gasteiger partial charge in [-0.25, -0.2) is 0 Å². The highest BCUT2D eigenvalue weighted by Crippen LogP contribution is 2.24. The van der Waals surface area contributed by atoms with Gasteiger partial charge in [0, 0.05) is 19.5 Å². The van der Waals surface area contributed by atoms with E-state index in [2.05, 4.69) is 10.6 Å². The van der Waals surface area contributed by atoms with Gasteiger partial charge in [0.2, 0.25) is 11.8 Å². The van der Waals surface area contributed by atoms with E-state index >= 15 is 0 Å². The average molecular weight is 423 g/mol. The molecule has 0 spiro atoms. The molecular weight excluding hydrogens is 398 g/mol. The van der Waals surface area contributed by atoms with Crippen LogP contribution in [0, 0.1) is 0 Å². The van der Waals surface area contributed by atoms with Crippen LogP contribution in [0.2, 0.25) is 0 Å². The van der Waals surface area contributed by atoms with Gasteiger partial charge in [0.1, 0.15) is 11.8 Å². The first-order valence-corrected chi connectivity index (χ1v) is 10.2. The highest BCUT2D eigenvalue weighted by molar-refractivity contribution is 6.22. The molecule has 0 fully saturated rings. The van der Waals surface area contributed by atoms with Crippen molar-refractivity contribution >= 4 is 23.6 Å². The first-order valence-electron chi connectivity index (χ1n) is 10.2. The number of fused-ring (bicyclic) bond motifs is 1. The number of nitrogens with one attached hydrogen (secondary N) is 2. The molecule has 2 aromatic carbocycles. The van der Waals surface area contributed by atoms with Gasteiger partial charge < -0.3 is 15.4 Å². The monoisotopic (exact) mass is 423 g/mol. The number of carbonyl (C=O) groups is 4. The Labute approximate surface area is 180 Å². The normalized spacial score (nSPS) is 13.5. The van der Waals surface area contributed by atoms with Crippen LogP contribution >= 0.6 is 0 Å². The van der Waals surface area contributed by atoms with Gasteiger partial charge in [0.05, 0.1) is 17.7 Å². The number of nitrogens with zero attached hydrogens (tertiary/aromatic N) is 1. The van der Waals surface area contributed by atoms with Gasteiger partial charge in [-0.05, 0) is 37.6 Å². The molecule has 2 N–H and O–H groups in total. The second-order valence-electron chi connectivity index (χ2n) is 7.11. The molecule has 8 heteroatoms. The minimum absolute atomic E-state index is 0.140. The molecule has 8 nitrogen and oxygen atoms in total. The van der Waals surface area contributed by atoms with Gasteiger partial charge in [-0.15, -0.1) is 0 Å². The molecule has 1 aliphatic rings. The van der Waals surface area contributed by atoms with Crippen LogP contribution in [0.1, 0.15) is 40.5 Å². The first-order chi connectivity index (χ1) is 15.0. The first kappa shape index (κ1) is 22.0. The topological polar surface area (TPSA) is 105 Å². The van der Waals surface area contributed by atoms with E-state index in [9.17, 15) is 19.2 Å². The number of amides is 4. The Kier molecular flexibility index (Phi) is 7.37. The number of imide groups is 1. The molecule has 0 aliphatic carbocycles. The van der Waals surface area contributed by atoms with E-state index in [4.69, 9.17) is 4.74 Å². The van der Waals surface area contributed by atoms with E-state index in [0.717, 1.165) is 10.6 Å². The van der Waals surface area contributed by atoms with E-state index < -0.39 is 23.8 Å². The number of benzene rings is 2. The molecule has 0 saturated heterocycles. The van der Waals surface area contributed by atoms with Crippen LogP contribution in [0.5, 0.6) is 5.75 Å². The van der Waals surface area contributed by atoms with E-state index in [0.29, 0.717) is 30.6 Å². The van der Waals surface area contributed by atoms with Crippen molar-refractivity contribution < 1.29 is 23.9 Å². The molecule has 1 heterocycles. The SMILES string of the molecule is CC(C(=O)NCCNC(=O)CCCOc1ccccc1)N1C(=O)c2ccccc2C1=O. The predicted octanol–water partition coefficient (Wildman–Crippen LogP) is 1.76. The predicted molar refractivity (Wildman–Crippen MR) is 114 cm³/mol. The van der Waals surface area contributed by atoms with Gasteiger partial charge in [-0.3, -0.25) is 24.1 Å². The minimum atomic E-state index is -0.946. The molecule has 31 heavy (non-hydrogen) atoms. The molecule has 1 atom stereocenters. The van der Waals surface area contributed by atoms with E-state index in [1.807, 2.05) is 30.3 Å². The van der Waals surface area contributed by atoms with E-state index in [-0.39, 0.29) is 19.0 Å². The van der Waals surface area contributed by atoms with Crippen molar-refractivity contribution in [2.45, 2.75) is 25.8 Å². The van der Waals surface area contributed by atoms with Crippen molar-refractivity contribution in [1.82, 2.24) is 15.5 Å². The summed E-state index contributed by atoms with van der Waals surface area (Å²) in [5.41, 5.74) is 0.603. The Morgan fingerprint density at radius 2 is 1.48 bits per heavy atom. The third-order valence-electron chi connectivity index (χ3n) is 4.90. The van der Waals surface area contributed by atoms with Gasteiger partial charge in [-0.1, -0.05) is 30.3 Å². The van der Waals surface area contributed by atoms with Crippen LogP contribution in [-0.4, -0.2) is 54.3 Å². The molecule has 1 aliphatic heterocycles. The summed E-state index contributed by atoms with van der Waals surface area (Å²) in [6.45, 7) is 2.38. The number of rotatable bonds is 10. The van der Waals surface area contributed by atoms with Crippen molar-refractivity contribution in [2.75, 3.05) is 19.7 Å². The molecule has 4 amide bonds. The summed E-state index contributed by atoms with van der Waals surface area (Å²) in [4.78, 5) is 50.1. The molecule has 0 aromatic heterocycles. The average Bonchev–Trinajstić information content (AvgIpc) is 3.04. The van der Waals surface area contributed by atoms with Crippen molar-refractivity contribution in [3.63, 3.8) is 0 Å². The van der Waals surface area contributed by atoms with Gasteiger partial charge in [0.25, 0.3) is 11.8 Å². The van der Waals surface area contributed by atoms with Gasteiger partial charge >= 0.3 is 0 Å². The highest BCUT2D eigenvalue weighted by atomic mass is 16.5. The summed E-state index contributed by atoms with van der Waals surface area (Å²) in [5, 5.41) is 5.37. The minimum Gasteiger partial charge on any atom is -0.494 e. The fourth-order valence-electron chi connectivity index (χ4n) is 3.24. The molecule has 162 valence electrons. The third-order valence-corrected chi connectivity index (χ3v) is 4.90. The molecular formula is C23H25N3O5. The van der Waals surface area contributed by atoms with Crippen molar-refractivity contribution in [3.8, 4) is 5.75 Å². The van der Waals surface area contributed by atoms with Gasteiger partial charge in [-0.2, -0.15) is 0 Å². The lowest BCUT2D eigenvalue weighted by Gasteiger charge is -2.21. The fourth-order valence-corrected chi connectivity index (χ4v) is 3.24. The molecule has 0 radical (unpaired) electrons. The lowest BCUT2D eigenvalue weighted by molar-refractivity contribution is -0.125. The van der Waals surface area contributed by atoms with E-state index in [1.54, 1.807) is 24.3 Å². The van der Waals surface area contributed by atoms with Crippen LogP contribution in [-0.2, 0) is 9.59 Å². The zero-order valence-corrected chi connectivity index (χ0v) is 17.3. The van der Waals surface area contributed by atoms with Crippen molar-refractivity contribution in [3.05, 3.63) is 65.7 Å². The molecule has 1 unspecified atom stereocenters. The number of carbonyl (C=O) groups excluding carboxylic acids is 4. The van der Waals surface area contributed by atoms with Gasteiger partial charge in [0.15, 0.2) is 0 Å². The van der Waals surface area contributed by atoms with Crippen LogP contribution < -0.4 is 15.4 Å². The Balaban J connectivity index is 1.33. The molecule has 0 bridgehead atoms. The standard InChI is InChI=1S/C23H25N3O5/c1-16(26-22(29)18-10-5-6-11-19(18)23(26)30)21(28)25-14-13-24-20(27)12-7-15-31-17-8-3-2-4-9-17/h2-6,8-11,16H,7,12-15H2,1H3,(H,24,27)(H,25,28). The Morgan fingerprint density at radius 1 is 0.903 bits per heavy atom. The van der Waals surface area contributed by atoms with Crippen LogP contribution in [0.25, 0.3) is 0 Å². The largest absolute Gasteiger partial charge is 0.494 e. The molecule has 0 saturated carbocycles. The summed E-state index contributed by atoms with van der Waals surface area (Å²) in [6.07, 6.45) is 0.885. The molecule has 2 aromatic rings. The quantitative estimate of drug-likeness (QED) is 0.448. The zero-order chi connectivity index (χ0) is 22.2. The summed E-state index contributed by atoms with van der Waals surface area (Å²) in [6, 6.07) is 14.9. The van der Waals surface area contributed by atoms with Crippen LogP contribution in [0.4, 0.5) is 0 Å². The number of hydrogen-bond acceptors (Lipinski definition) is 5. The second kappa shape index (κ2) is 10.4. The lowest BCUT2D eigenvalue weighted by Crippen LogP contribution is -2.49. The summed E-state index contributed by atoms with van der Waals surface area (Å²) >= 11 is 0. The number of para-hydroxylation sites is 1. The zero-order valence-electron chi connectivity index (χ0n) is 17.3. The lowest BCUT2D eigenvalue weighted by atomic mass is 10.1. The van der Waals surface area contributed by atoms with Crippen LogP contribution in [0.15, 0.2) is 54.6 Å². The summed E-state index contributed by atoms with van der Waals surface area (Å²) in [7, 11) is 0. The summed E-state index contributed by atoms with van der Waals surface area (Å²) in [5.74, 6) is -0.791. The van der Waals surface area contributed by atoms with Crippen LogP contribution in [0.3, 0.4) is 0 Å². The Hall–Kier alpha value is -3.68. The fraction of sp³-hybridized carbons (Fsp3) is 0.304. The summed E-state index contributed by atoms with van der Waals surface area (Å²) < 4.78 is 5.53. The van der Waals surface area contributed by atoms with Crippen molar-refractivity contribution in [1.29, 1.82) is 0 Å². The Bertz CT molecular complexity index is 926. The third kappa shape index (κ3) is 5.48. The Morgan fingerprint density at radius 3 is 2.13 bits per heavy atom. The van der Waals surface area contributed by atoms with Crippen molar-refractivity contribution in [2.24, 2.45) is 0 Å².